The third-order valence-corrected chi connectivity index (χ3v) is 4.34. The highest BCUT2D eigenvalue weighted by molar-refractivity contribution is 9.10. The molecule has 0 saturated heterocycles. The molecule has 0 unspecified atom stereocenters. The zero-order valence-electron chi connectivity index (χ0n) is 12.4. The summed E-state index contributed by atoms with van der Waals surface area (Å²) < 4.78 is 12.6. The van der Waals surface area contributed by atoms with Gasteiger partial charge in [0.05, 0.1) is 11.9 Å². The van der Waals surface area contributed by atoms with Gasteiger partial charge in [-0.15, -0.1) is 0 Å². The van der Waals surface area contributed by atoms with E-state index >= 15 is 0 Å². The van der Waals surface area contributed by atoms with E-state index in [0.29, 0.717) is 11.0 Å². The summed E-state index contributed by atoms with van der Waals surface area (Å²) in [6.45, 7) is 3.71. The molecule has 7 heteroatoms. The number of hydrogen-bond acceptors (Lipinski definition) is 5. The van der Waals surface area contributed by atoms with Gasteiger partial charge in [-0.2, -0.15) is 5.10 Å². The van der Waals surface area contributed by atoms with Gasteiger partial charge < -0.3 is 14.4 Å². The van der Waals surface area contributed by atoms with Crippen molar-refractivity contribution < 1.29 is 9.47 Å². The average Bonchev–Trinajstić information content (AvgIpc) is 2.98. The van der Waals surface area contributed by atoms with Crippen molar-refractivity contribution in [2.24, 2.45) is 7.05 Å². The molecule has 0 atom stereocenters. The van der Waals surface area contributed by atoms with E-state index in [-0.39, 0.29) is 12.4 Å². The van der Waals surface area contributed by atoms with Gasteiger partial charge in [0.25, 0.3) is 5.56 Å². The Morgan fingerprint density at radius 1 is 1.36 bits per heavy atom. The molecule has 22 heavy (non-hydrogen) atoms. The van der Waals surface area contributed by atoms with E-state index in [0.717, 1.165) is 29.3 Å². The predicted octanol–water partition coefficient (Wildman–Crippen LogP) is 2.30. The zero-order valence-corrected chi connectivity index (χ0v) is 14.0. The summed E-state index contributed by atoms with van der Waals surface area (Å²) in [5.41, 5.74) is 1.71. The highest BCUT2D eigenvalue weighted by Crippen LogP contribution is 2.33. The molecular weight excluding hydrogens is 350 g/mol. The van der Waals surface area contributed by atoms with Crippen molar-refractivity contribution in [2.75, 3.05) is 18.2 Å². The van der Waals surface area contributed by atoms with Crippen molar-refractivity contribution >= 4 is 21.6 Å². The SMILES string of the molecule is CCN(Cc1ccc2c(c1)OCO2)c1cnn(C)c(=O)c1Br. The summed E-state index contributed by atoms with van der Waals surface area (Å²) in [6.07, 6.45) is 1.70. The minimum Gasteiger partial charge on any atom is -0.454 e. The van der Waals surface area contributed by atoms with E-state index in [2.05, 4.69) is 25.9 Å². The molecule has 1 aromatic carbocycles. The molecular formula is C15H16BrN3O3. The summed E-state index contributed by atoms with van der Waals surface area (Å²) in [7, 11) is 1.63. The summed E-state index contributed by atoms with van der Waals surface area (Å²) in [5, 5.41) is 4.10. The van der Waals surface area contributed by atoms with Crippen molar-refractivity contribution in [1.82, 2.24) is 9.78 Å². The van der Waals surface area contributed by atoms with Crippen LogP contribution in [0.3, 0.4) is 0 Å². The summed E-state index contributed by atoms with van der Waals surface area (Å²) >= 11 is 3.38. The van der Waals surface area contributed by atoms with Crippen molar-refractivity contribution in [2.45, 2.75) is 13.5 Å². The summed E-state index contributed by atoms with van der Waals surface area (Å²) in [4.78, 5) is 14.1. The Labute approximate surface area is 136 Å². The third kappa shape index (κ3) is 2.68. The van der Waals surface area contributed by atoms with Gasteiger partial charge >= 0.3 is 0 Å². The summed E-state index contributed by atoms with van der Waals surface area (Å²) in [5.74, 6) is 1.53. The lowest BCUT2D eigenvalue weighted by Gasteiger charge is -2.24. The third-order valence-electron chi connectivity index (χ3n) is 3.59. The molecule has 0 spiro atoms. The Kier molecular flexibility index (Phi) is 4.06. The fourth-order valence-electron chi connectivity index (χ4n) is 2.35. The minimum absolute atomic E-state index is 0.151. The molecule has 0 bridgehead atoms. The maximum Gasteiger partial charge on any atom is 0.282 e. The van der Waals surface area contributed by atoms with Crippen LogP contribution in [0.4, 0.5) is 5.69 Å². The van der Waals surface area contributed by atoms with Crippen LogP contribution in [0.2, 0.25) is 0 Å². The molecule has 2 aromatic rings. The molecule has 0 saturated carbocycles. The number of aromatic nitrogens is 2. The molecule has 116 valence electrons. The smallest absolute Gasteiger partial charge is 0.282 e. The number of rotatable bonds is 4. The van der Waals surface area contributed by atoms with Crippen molar-refractivity contribution in [3.63, 3.8) is 0 Å². The Hall–Kier alpha value is -2.02. The van der Waals surface area contributed by atoms with Crippen LogP contribution in [0.5, 0.6) is 11.5 Å². The van der Waals surface area contributed by atoms with Gasteiger partial charge in [-0.25, -0.2) is 4.68 Å². The van der Waals surface area contributed by atoms with Crippen molar-refractivity contribution in [3.8, 4) is 11.5 Å². The minimum atomic E-state index is -0.151. The van der Waals surface area contributed by atoms with Crippen LogP contribution in [0.25, 0.3) is 0 Å². The van der Waals surface area contributed by atoms with Crippen LogP contribution in [-0.4, -0.2) is 23.1 Å². The predicted molar refractivity (Wildman–Crippen MR) is 86.5 cm³/mol. The van der Waals surface area contributed by atoms with E-state index in [1.807, 2.05) is 25.1 Å². The molecule has 1 aliphatic heterocycles. The zero-order chi connectivity index (χ0) is 15.7. The normalized spacial score (nSPS) is 12.5. The highest BCUT2D eigenvalue weighted by atomic mass is 79.9. The lowest BCUT2D eigenvalue weighted by Crippen LogP contribution is -2.28. The molecule has 0 N–H and O–H groups in total. The topological polar surface area (TPSA) is 56.6 Å². The number of anilines is 1. The average molecular weight is 366 g/mol. The summed E-state index contributed by atoms with van der Waals surface area (Å²) in [6, 6.07) is 5.87. The van der Waals surface area contributed by atoms with Gasteiger partial charge in [0.2, 0.25) is 6.79 Å². The highest BCUT2D eigenvalue weighted by Gasteiger charge is 2.17. The second-order valence-corrected chi connectivity index (χ2v) is 5.77. The van der Waals surface area contributed by atoms with Crippen LogP contribution in [0.15, 0.2) is 33.7 Å². The molecule has 0 radical (unpaired) electrons. The van der Waals surface area contributed by atoms with Crippen molar-refractivity contribution in [1.29, 1.82) is 0 Å². The van der Waals surface area contributed by atoms with Crippen LogP contribution in [0, 0.1) is 0 Å². The fraction of sp³-hybridized carbons (Fsp3) is 0.333. The molecule has 1 aromatic heterocycles. The Bertz CT molecular complexity index is 760. The number of fused-ring (bicyclic) bond motifs is 1. The first-order valence-electron chi connectivity index (χ1n) is 6.95. The number of halogens is 1. The molecule has 1 aliphatic rings. The first-order chi connectivity index (χ1) is 10.6. The standard InChI is InChI=1S/C15H16BrN3O3/c1-3-19(11-7-17-18(2)15(20)14(11)16)8-10-4-5-12-13(6-10)22-9-21-12/h4-7H,3,8-9H2,1-2H3. The lowest BCUT2D eigenvalue weighted by molar-refractivity contribution is 0.174. The van der Waals surface area contributed by atoms with E-state index in [1.54, 1.807) is 13.2 Å². The number of benzene rings is 1. The molecule has 0 fully saturated rings. The largest absolute Gasteiger partial charge is 0.454 e. The van der Waals surface area contributed by atoms with Gasteiger partial charge in [-0.3, -0.25) is 4.79 Å². The van der Waals surface area contributed by atoms with Gasteiger partial charge in [0, 0.05) is 20.1 Å². The van der Waals surface area contributed by atoms with Crippen molar-refractivity contribution in [3.05, 3.63) is 44.8 Å². The number of nitrogens with zero attached hydrogens (tertiary/aromatic N) is 3. The Morgan fingerprint density at radius 2 is 2.14 bits per heavy atom. The van der Waals surface area contributed by atoms with Crippen LogP contribution in [0.1, 0.15) is 12.5 Å². The lowest BCUT2D eigenvalue weighted by atomic mass is 10.2. The molecule has 3 rings (SSSR count). The van der Waals surface area contributed by atoms with E-state index < -0.39 is 0 Å². The number of ether oxygens (including phenoxy) is 2. The van der Waals surface area contributed by atoms with Crippen LogP contribution < -0.4 is 19.9 Å². The first kappa shape index (κ1) is 14.9. The molecule has 2 heterocycles. The monoisotopic (exact) mass is 365 g/mol. The van der Waals surface area contributed by atoms with E-state index in [1.165, 1.54) is 4.68 Å². The van der Waals surface area contributed by atoms with Crippen LogP contribution >= 0.6 is 15.9 Å². The van der Waals surface area contributed by atoms with E-state index in [9.17, 15) is 4.79 Å². The molecule has 0 aliphatic carbocycles. The number of hydrogen-bond donors (Lipinski definition) is 0. The van der Waals surface area contributed by atoms with Gasteiger partial charge in [0.15, 0.2) is 11.5 Å². The number of aryl methyl sites for hydroxylation is 1. The maximum atomic E-state index is 12.0. The van der Waals surface area contributed by atoms with Gasteiger partial charge in [0.1, 0.15) is 4.47 Å². The Balaban J connectivity index is 1.89. The quantitative estimate of drug-likeness (QED) is 0.831. The van der Waals surface area contributed by atoms with Gasteiger partial charge in [-0.1, -0.05) is 6.07 Å². The van der Waals surface area contributed by atoms with Crippen LogP contribution in [-0.2, 0) is 13.6 Å². The molecule has 0 amide bonds. The fourth-order valence-corrected chi connectivity index (χ4v) is 2.96. The first-order valence-corrected chi connectivity index (χ1v) is 7.74. The second-order valence-electron chi connectivity index (χ2n) is 4.97. The maximum absolute atomic E-state index is 12.0. The second kappa shape index (κ2) is 6.00. The molecule has 6 nitrogen and oxygen atoms in total. The Morgan fingerprint density at radius 3 is 2.91 bits per heavy atom. The van der Waals surface area contributed by atoms with E-state index in [4.69, 9.17) is 9.47 Å². The van der Waals surface area contributed by atoms with Gasteiger partial charge in [-0.05, 0) is 40.5 Å².